The summed E-state index contributed by atoms with van der Waals surface area (Å²) in [5.74, 6) is -0.314. The average Bonchev–Trinajstić information content (AvgIpc) is 3.03. The number of esters is 1. The second-order valence-electron chi connectivity index (χ2n) is 6.28. The summed E-state index contributed by atoms with van der Waals surface area (Å²) >= 11 is 6.26. The third-order valence-electron chi connectivity index (χ3n) is 4.53. The highest BCUT2D eigenvalue weighted by Crippen LogP contribution is 2.32. The van der Waals surface area contributed by atoms with Crippen LogP contribution in [0, 0.1) is 12.8 Å². The van der Waals surface area contributed by atoms with Gasteiger partial charge in [0, 0.05) is 18.7 Å². The molecule has 0 unspecified atom stereocenters. The van der Waals surface area contributed by atoms with Crippen molar-refractivity contribution in [3.05, 3.63) is 40.6 Å². The number of hydrogen-bond donors (Lipinski definition) is 0. The molecule has 1 aliphatic rings. The summed E-state index contributed by atoms with van der Waals surface area (Å²) in [5, 5.41) is 4.55. The second-order valence-corrected chi connectivity index (χ2v) is 6.69. The van der Waals surface area contributed by atoms with Crippen molar-refractivity contribution in [2.24, 2.45) is 5.92 Å². The third-order valence-corrected chi connectivity index (χ3v) is 4.86. The largest absolute Gasteiger partial charge is 0.466 e. The molecule has 2 aromatic rings. The molecule has 0 saturated carbocycles. The standard InChI is InChI=1S/C19H21ClN2O4/c1-3-25-19(24)13-7-6-10-22(11-13)18(23)16-12(2)26-21-17(16)14-8-4-5-9-15(14)20/h4-5,8-9,13H,3,6-7,10-11H2,1-2H3/t13-/m1/s1. The summed E-state index contributed by atoms with van der Waals surface area (Å²) in [5.41, 5.74) is 1.47. The van der Waals surface area contributed by atoms with E-state index in [0.29, 0.717) is 47.3 Å². The van der Waals surface area contributed by atoms with E-state index in [2.05, 4.69) is 5.16 Å². The molecule has 0 bridgehead atoms. The van der Waals surface area contributed by atoms with Gasteiger partial charge in [-0.15, -0.1) is 0 Å². The molecule has 3 rings (SSSR count). The number of aryl methyl sites for hydroxylation is 1. The first kappa shape index (κ1) is 18.5. The Bertz CT molecular complexity index is 818. The number of nitrogens with zero attached hydrogens (tertiary/aromatic N) is 2. The summed E-state index contributed by atoms with van der Waals surface area (Å²) < 4.78 is 10.4. The number of ether oxygens (including phenoxy) is 1. The molecule has 1 saturated heterocycles. The van der Waals surface area contributed by atoms with Gasteiger partial charge in [-0.05, 0) is 32.8 Å². The third kappa shape index (κ3) is 3.60. The van der Waals surface area contributed by atoms with E-state index in [1.807, 2.05) is 12.1 Å². The van der Waals surface area contributed by atoms with E-state index in [9.17, 15) is 9.59 Å². The number of likely N-dealkylation sites (tertiary alicyclic amines) is 1. The molecule has 2 heterocycles. The number of piperidine rings is 1. The molecule has 1 aromatic carbocycles. The number of hydrogen-bond acceptors (Lipinski definition) is 5. The topological polar surface area (TPSA) is 72.6 Å². The normalized spacial score (nSPS) is 17.2. The van der Waals surface area contributed by atoms with Crippen molar-refractivity contribution in [3.63, 3.8) is 0 Å². The predicted octanol–water partition coefficient (Wildman–Crippen LogP) is 3.72. The Kier molecular flexibility index (Phi) is 5.61. The molecule has 26 heavy (non-hydrogen) atoms. The van der Waals surface area contributed by atoms with E-state index in [1.54, 1.807) is 30.9 Å². The van der Waals surface area contributed by atoms with Crippen molar-refractivity contribution < 1.29 is 18.8 Å². The van der Waals surface area contributed by atoms with Crippen molar-refractivity contribution >= 4 is 23.5 Å². The first-order chi connectivity index (χ1) is 12.5. The van der Waals surface area contributed by atoms with E-state index in [1.165, 1.54) is 0 Å². The van der Waals surface area contributed by atoms with Gasteiger partial charge in [0.1, 0.15) is 17.0 Å². The van der Waals surface area contributed by atoms with Gasteiger partial charge in [0.2, 0.25) is 0 Å². The van der Waals surface area contributed by atoms with Crippen LogP contribution in [0.2, 0.25) is 5.02 Å². The zero-order valence-corrected chi connectivity index (χ0v) is 15.6. The van der Waals surface area contributed by atoms with E-state index >= 15 is 0 Å². The number of amides is 1. The van der Waals surface area contributed by atoms with Crippen molar-refractivity contribution in [1.82, 2.24) is 10.1 Å². The molecule has 0 aliphatic carbocycles. The fourth-order valence-electron chi connectivity index (χ4n) is 3.23. The van der Waals surface area contributed by atoms with Gasteiger partial charge in [-0.2, -0.15) is 0 Å². The number of carbonyl (C=O) groups is 2. The molecule has 0 N–H and O–H groups in total. The maximum absolute atomic E-state index is 13.1. The number of benzene rings is 1. The van der Waals surface area contributed by atoms with Gasteiger partial charge in [-0.1, -0.05) is 35.0 Å². The molecule has 1 aromatic heterocycles. The first-order valence-electron chi connectivity index (χ1n) is 8.70. The Balaban J connectivity index is 1.88. The smallest absolute Gasteiger partial charge is 0.310 e. The van der Waals surface area contributed by atoms with Crippen LogP contribution in [0.1, 0.15) is 35.9 Å². The lowest BCUT2D eigenvalue weighted by Crippen LogP contribution is -2.43. The van der Waals surface area contributed by atoms with Gasteiger partial charge in [0.25, 0.3) is 5.91 Å². The van der Waals surface area contributed by atoms with Gasteiger partial charge in [0.15, 0.2) is 0 Å². The van der Waals surface area contributed by atoms with Gasteiger partial charge < -0.3 is 14.2 Å². The minimum atomic E-state index is -0.295. The van der Waals surface area contributed by atoms with Gasteiger partial charge in [-0.3, -0.25) is 9.59 Å². The lowest BCUT2D eigenvalue weighted by atomic mass is 9.96. The Morgan fingerprint density at radius 3 is 2.88 bits per heavy atom. The Morgan fingerprint density at radius 1 is 1.38 bits per heavy atom. The molecule has 7 heteroatoms. The summed E-state index contributed by atoms with van der Waals surface area (Å²) in [7, 11) is 0. The van der Waals surface area contributed by atoms with Crippen molar-refractivity contribution in [1.29, 1.82) is 0 Å². The van der Waals surface area contributed by atoms with Crippen LogP contribution in [0.15, 0.2) is 28.8 Å². The lowest BCUT2D eigenvalue weighted by molar-refractivity contribution is -0.149. The van der Waals surface area contributed by atoms with Gasteiger partial charge in [-0.25, -0.2) is 0 Å². The fraction of sp³-hybridized carbons (Fsp3) is 0.421. The SMILES string of the molecule is CCOC(=O)[C@@H]1CCCN(C(=O)c2c(-c3ccccc3Cl)noc2C)C1. The first-order valence-corrected chi connectivity index (χ1v) is 9.07. The number of carbonyl (C=O) groups excluding carboxylic acids is 2. The zero-order chi connectivity index (χ0) is 18.7. The highest BCUT2D eigenvalue weighted by Gasteiger charge is 2.33. The maximum Gasteiger partial charge on any atom is 0.310 e. The molecule has 1 atom stereocenters. The van der Waals surface area contributed by atoms with E-state index in [-0.39, 0.29) is 17.8 Å². The molecule has 6 nitrogen and oxygen atoms in total. The molecule has 1 fully saturated rings. The van der Waals surface area contributed by atoms with Crippen LogP contribution in [0.4, 0.5) is 0 Å². The molecule has 0 spiro atoms. The number of aromatic nitrogens is 1. The van der Waals surface area contributed by atoms with Crippen LogP contribution in [-0.4, -0.2) is 41.6 Å². The summed E-state index contributed by atoms with van der Waals surface area (Å²) in [6.07, 6.45) is 1.48. The van der Waals surface area contributed by atoms with E-state index in [0.717, 1.165) is 12.8 Å². The Hall–Kier alpha value is -2.34. The molecule has 1 aliphatic heterocycles. The minimum absolute atomic E-state index is 0.201. The highest BCUT2D eigenvalue weighted by atomic mass is 35.5. The monoisotopic (exact) mass is 376 g/mol. The zero-order valence-electron chi connectivity index (χ0n) is 14.8. The molecule has 138 valence electrons. The average molecular weight is 377 g/mol. The maximum atomic E-state index is 13.1. The second kappa shape index (κ2) is 7.91. The van der Waals surface area contributed by atoms with Crippen molar-refractivity contribution in [2.75, 3.05) is 19.7 Å². The van der Waals surface area contributed by atoms with Crippen molar-refractivity contribution in [3.8, 4) is 11.3 Å². The molecule has 0 radical (unpaired) electrons. The summed E-state index contributed by atoms with van der Waals surface area (Å²) in [6.45, 7) is 4.74. The van der Waals surface area contributed by atoms with Crippen LogP contribution in [0.25, 0.3) is 11.3 Å². The highest BCUT2D eigenvalue weighted by molar-refractivity contribution is 6.33. The van der Waals surface area contributed by atoms with E-state index in [4.69, 9.17) is 20.9 Å². The Labute approximate surface area is 157 Å². The van der Waals surface area contributed by atoms with Gasteiger partial charge in [0.05, 0.1) is 17.5 Å². The van der Waals surface area contributed by atoms with Crippen molar-refractivity contribution in [2.45, 2.75) is 26.7 Å². The lowest BCUT2D eigenvalue weighted by Gasteiger charge is -2.31. The van der Waals surface area contributed by atoms with Gasteiger partial charge >= 0.3 is 5.97 Å². The molecule has 1 amide bonds. The fourth-order valence-corrected chi connectivity index (χ4v) is 3.46. The van der Waals surface area contributed by atoms with Crippen LogP contribution in [-0.2, 0) is 9.53 Å². The van der Waals surface area contributed by atoms with Crippen LogP contribution in [0.5, 0.6) is 0 Å². The Morgan fingerprint density at radius 2 is 2.15 bits per heavy atom. The number of rotatable bonds is 4. The minimum Gasteiger partial charge on any atom is -0.466 e. The predicted molar refractivity (Wildman–Crippen MR) is 96.9 cm³/mol. The quantitative estimate of drug-likeness (QED) is 0.760. The van der Waals surface area contributed by atoms with Crippen LogP contribution in [0.3, 0.4) is 0 Å². The molecular weight excluding hydrogens is 356 g/mol. The molecular formula is C19H21ClN2O4. The summed E-state index contributed by atoms with van der Waals surface area (Å²) in [4.78, 5) is 26.9. The number of halogens is 1. The van der Waals surface area contributed by atoms with Crippen LogP contribution >= 0.6 is 11.6 Å². The van der Waals surface area contributed by atoms with Crippen LogP contribution < -0.4 is 0 Å². The summed E-state index contributed by atoms with van der Waals surface area (Å²) in [6, 6.07) is 7.19. The van der Waals surface area contributed by atoms with E-state index < -0.39 is 0 Å².